The Balaban J connectivity index is 3.08. The number of hydrogen-bond acceptors (Lipinski definition) is 3. The molecule has 0 fully saturated rings. The minimum Gasteiger partial charge on any atom is -0.477 e. The summed E-state index contributed by atoms with van der Waals surface area (Å²) in [5.74, 6) is -1.26. The summed E-state index contributed by atoms with van der Waals surface area (Å²) < 4.78 is 23.6. The lowest BCUT2D eigenvalue weighted by atomic mass is 10.3. The summed E-state index contributed by atoms with van der Waals surface area (Å²) >= 11 is 5.69. The zero-order valence-corrected chi connectivity index (χ0v) is 10.4. The Hall–Kier alpha value is -1.01. The number of carboxylic acid groups (broad SMARTS) is 1. The molecule has 16 heavy (non-hydrogen) atoms. The van der Waals surface area contributed by atoms with Crippen molar-refractivity contribution in [3.05, 3.63) is 23.0 Å². The molecule has 0 bridgehead atoms. The number of sulfone groups is 1. The van der Waals surface area contributed by atoms with Crippen LogP contribution in [-0.2, 0) is 9.84 Å². The Labute approximate surface area is 98.6 Å². The van der Waals surface area contributed by atoms with E-state index in [9.17, 15) is 13.2 Å². The predicted molar refractivity (Wildman–Crippen MR) is 60.8 cm³/mol. The first kappa shape index (κ1) is 13.1. The van der Waals surface area contributed by atoms with Gasteiger partial charge in [-0.05, 0) is 13.0 Å². The van der Waals surface area contributed by atoms with Crippen molar-refractivity contribution in [1.82, 2.24) is 4.57 Å². The van der Waals surface area contributed by atoms with Gasteiger partial charge in [0, 0.05) is 18.5 Å². The highest BCUT2D eigenvalue weighted by Gasteiger charge is 2.19. The molecular weight excluding hydrogens is 254 g/mol. The molecule has 1 atom stereocenters. The maximum atomic E-state index is 11.1. The fourth-order valence-corrected chi connectivity index (χ4v) is 2.75. The van der Waals surface area contributed by atoms with Crippen LogP contribution in [-0.4, -0.2) is 36.1 Å². The van der Waals surface area contributed by atoms with E-state index < -0.39 is 21.8 Å². The molecule has 0 saturated heterocycles. The third-order valence-corrected chi connectivity index (χ3v) is 3.35. The van der Waals surface area contributed by atoms with Crippen LogP contribution in [0.3, 0.4) is 0 Å². The fourth-order valence-electron chi connectivity index (χ4n) is 1.50. The van der Waals surface area contributed by atoms with Crippen LogP contribution < -0.4 is 0 Å². The normalized spacial score (nSPS) is 13.7. The second kappa shape index (κ2) is 4.47. The highest BCUT2D eigenvalue weighted by Crippen LogP contribution is 2.20. The lowest BCUT2D eigenvalue weighted by Crippen LogP contribution is -2.19. The van der Waals surface area contributed by atoms with Gasteiger partial charge in [0.1, 0.15) is 15.5 Å². The van der Waals surface area contributed by atoms with Gasteiger partial charge < -0.3 is 9.67 Å². The predicted octanol–water partition coefficient (Wildman–Crippen LogP) is 1.45. The van der Waals surface area contributed by atoms with Crippen molar-refractivity contribution in [2.45, 2.75) is 13.0 Å². The van der Waals surface area contributed by atoms with E-state index in [1.54, 1.807) is 6.92 Å². The Morgan fingerprint density at radius 3 is 2.62 bits per heavy atom. The summed E-state index contributed by atoms with van der Waals surface area (Å²) in [7, 11) is -3.16. The molecule has 5 nitrogen and oxygen atoms in total. The lowest BCUT2D eigenvalue weighted by molar-refractivity contribution is 0.0683. The zero-order chi connectivity index (χ0) is 12.5. The fraction of sp³-hybridized carbons (Fsp3) is 0.444. The van der Waals surface area contributed by atoms with Crippen molar-refractivity contribution in [2.75, 3.05) is 12.0 Å². The maximum Gasteiger partial charge on any atom is 0.352 e. The van der Waals surface area contributed by atoms with Crippen molar-refractivity contribution < 1.29 is 18.3 Å². The van der Waals surface area contributed by atoms with Crippen molar-refractivity contribution in [3.63, 3.8) is 0 Å². The molecule has 1 rings (SSSR count). The average Bonchev–Trinajstić information content (AvgIpc) is 2.44. The summed E-state index contributed by atoms with van der Waals surface area (Å²) in [6.07, 6.45) is 2.52. The minimum absolute atomic E-state index is 0.0128. The largest absolute Gasteiger partial charge is 0.477 e. The standard InChI is InChI=1S/C9H12ClNO4S/c1-6(5-16(2,14)15)11-4-7(10)3-8(11)9(12)13/h3-4,6H,5H2,1-2H3,(H,12,13). The molecule has 1 heterocycles. The van der Waals surface area contributed by atoms with Crippen LogP contribution in [0.5, 0.6) is 0 Å². The van der Waals surface area contributed by atoms with Gasteiger partial charge in [-0.3, -0.25) is 0 Å². The Bertz CT molecular complexity index is 506. The van der Waals surface area contributed by atoms with E-state index in [0.717, 1.165) is 6.26 Å². The number of carboxylic acids is 1. The SMILES string of the molecule is CC(CS(C)(=O)=O)n1cc(Cl)cc1C(=O)O. The molecule has 0 saturated carbocycles. The molecule has 0 aliphatic carbocycles. The van der Waals surface area contributed by atoms with Gasteiger partial charge in [0.25, 0.3) is 0 Å². The molecule has 0 aliphatic rings. The molecule has 0 radical (unpaired) electrons. The van der Waals surface area contributed by atoms with Crippen LogP contribution in [0, 0.1) is 0 Å². The Morgan fingerprint density at radius 2 is 2.19 bits per heavy atom. The van der Waals surface area contributed by atoms with E-state index in [1.807, 2.05) is 0 Å². The molecule has 0 spiro atoms. The van der Waals surface area contributed by atoms with Crippen molar-refractivity contribution in [2.24, 2.45) is 0 Å². The summed E-state index contributed by atoms with van der Waals surface area (Å²) in [5, 5.41) is 9.17. The molecule has 0 aromatic carbocycles. The second-order valence-electron chi connectivity index (χ2n) is 3.70. The molecule has 90 valence electrons. The van der Waals surface area contributed by atoms with Crippen LogP contribution >= 0.6 is 11.6 Å². The number of halogens is 1. The summed E-state index contributed by atoms with van der Waals surface area (Å²) in [6.45, 7) is 1.63. The molecule has 7 heteroatoms. The van der Waals surface area contributed by atoms with Gasteiger partial charge in [-0.15, -0.1) is 0 Å². The highest BCUT2D eigenvalue weighted by molar-refractivity contribution is 7.90. The van der Waals surface area contributed by atoms with Crippen LogP contribution in [0.15, 0.2) is 12.3 Å². The number of nitrogens with zero attached hydrogens (tertiary/aromatic N) is 1. The van der Waals surface area contributed by atoms with Crippen LogP contribution in [0.4, 0.5) is 0 Å². The van der Waals surface area contributed by atoms with Gasteiger partial charge in [0.05, 0.1) is 10.8 Å². The van der Waals surface area contributed by atoms with E-state index in [0.29, 0.717) is 0 Å². The molecule has 0 amide bonds. The quantitative estimate of drug-likeness (QED) is 0.894. The zero-order valence-electron chi connectivity index (χ0n) is 8.84. The second-order valence-corrected chi connectivity index (χ2v) is 6.32. The van der Waals surface area contributed by atoms with E-state index in [4.69, 9.17) is 16.7 Å². The third-order valence-electron chi connectivity index (χ3n) is 2.05. The molecule has 1 aromatic rings. The van der Waals surface area contributed by atoms with Crippen molar-refractivity contribution in [3.8, 4) is 0 Å². The first-order chi connectivity index (χ1) is 7.20. The van der Waals surface area contributed by atoms with E-state index in [-0.39, 0.29) is 16.5 Å². The topological polar surface area (TPSA) is 76.4 Å². The monoisotopic (exact) mass is 265 g/mol. The average molecular weight is 266 g/mol. The smallest absolute Gasteiger partial charge is 0.352 e. The Kier molecular flexibility index (Phi) is 3.64. The van der Waals surface area contributed by atoms with Crippen molar-refractivity contribution in [1.29, 1.82) is 0 Å². The van der Waals surface area contributed by atoms with E-state index in [1.165, 1.54) is 16.8 Å². The van der Waals surface area contributed by atoms with Crippen molar-refractivity contribution >= 4 is 27.4 Å². The summed E-state index contributed by atoms with van der Waals surface area (Å²) in [4.78, 5) is 10.9. The van der Waals surface area contributed by atoms with Crippen LogP contribution in [0.25, 0.3) is 0 Å². The van der Waals surface area contributed by atoms with Crippen LogP contribution in [0.1, 0.15) is 23.5 Å². The molecular formula is C9H12ClNO4S. The first-order valence-electron chi connectivity index (χ1n) is 4.49. The summed E-state index contributed by atoms with van der Waals surface area (Å²) in [6, 6.07) is 0.830. The third kappa shape index (κ3) is 3.24. The van der Waals surface area contributed by atoms with Crippen LogP contribution in [0.2, 0.25) is 5.02 Å². The van der Waals surface area contributed by atoms with Gasteiger partial charge in [0.15, 0.2) is 0 Å². The van der Waals surface area contributed by atoms with Gasteiger partial charge >= 0.3 is 5.97 Å². The van der Waals surface area contributed by atoms with E-state index >= 15 is 0 Å². The number of carbonyl (C=O) groups is 1. The van der Waals surface area contributed by atoms with Gasteiger partial charge in [-0.25, -0.2) is 13.2 Å². The molecule has 1 unspecified atom stereocenters. The molecule has 1 N–H and O–H groups in total. The van der Waals surface area contributed by atoms with Gasteiger partial charge in [-0.2, -0.15) is 0 Å². The minimum atomic E-state index is -3.16. The van der Waals surface area contributed by atoms with E-state index in [2.05, 4.69) is 0 Å². The van der Waals surface area contributed by atoms with Gasteiger partial charge in [-0.1, -0.05) is 11.6 Å². The number of aromatic carboxylic acids is 1. The lowest BCUT2D eigenvalue weighted by Gasteiger charge is -2.14. The summed E-state index contributed by atoms with van der Waals surface area (Å²) in [5.41, 5.74) is -0.0128. The maximum absolute atomic E-state index is 11.1. The Morgan fingerprint density at radius 1 is 1.62 bits per heavy atom. The number of rotatable bonds is 4. The van der Waals surface area contributed by atoms with Gasteiger partial charge in [0.2, 0.25) is 0 Å². The number of aromatic nitrogens is 1. The first-order valence-corrected chi connectivity index (χ1v) is 6.93. The number of hydrogen-bond donors (Lipinski definition) is 1. The molecule has 1 aromatic heterocycles. The highest BCUT2D eigenvalue weighted by atomic mass is 35.5. The molecule has 0 aliphatic heterocycles.